The monoisotopic (exact) mass is 773 g/mol. The van der Waals surface area contributed by atoms with E-state index in [1.807, 2.05) is 4.98 Å². The van der Waals surface area contributed by atoms with Crippen LogP contribution in [-0.2, 0) is 49.7 Å². The maximum atomic E-state index is 12.2. The summed E-state index contributed by atoms with van der Waals surface area (Å²) in [6, 6.07) is 2.13. The van der Waals surface area contributed by atoms with E-state index in [1.165, 1.54) is 12.3 Å². The Balaban J connectivity index is 1.29. The van der Waals surface area contributed by atoms with E-state index in [2.05, 4.69) is 27.0 Å². The molecule has 2 saturated heterocycles. The van der Waals surface area contributed by atoms with Crippen molar-refractivity contribution in [2.75, 3.05) is 18.9 Å². The van der Waals surface area contributed by atoms with Crippen molar-refractivity contribution in [3.8, 4) is 0 Å². The van der Waals surface area contributed by atoms with Crippen molar-refractivity contribution < 1.29 is 84.6 Å². The number of phosphoric acid groups is 4. The summed E-state index contributed by atoms with van der Waals surface area (Å²) in [5.74, 6) is -0.103. The molecule has 2 aliphatic heterocycles. The van der Waals surface area contributed by atoms with Gasteiger partial charge in [-0.3, -0.25) is 28.0 Å². The molecule has 2 aromatic heterocycles. The van der Waals surface area contributed by atoms with E-state index in [4.69, 9.17) is 15.2 Å². The van der Waals surface area contributed by atoms with Crippen molar-refractivity contribution in [1.29, 1.82) is 0 Å². The molecule has 0 amide bonds. The van der Waals surface area contributed by atoms with Crippen LogP contribution in [0.1, 0.15) is 18.9 Å². The van der Waals surface area contributed by atoms with Gasteiger partial charge in [-0.15, -0.1) is 0 Å². The van der Waals surface area contributed by atoms with Gasteiger partial charge < -0.3 is 50.1 Å². The maximum absolute atomic E-state index is 12.2. The van der Waals surface area contributed by atoms with Crippen LogP contribution in [0, 0.1) is 0 Å². The third-order valence-corrected chi connectivity index (χ3v) is 12.2. The first-order chi connectivity index (χ1) is 22.1. The summed E-state index contributed by atoms with van der Waals surface area (Å²) in [7, 11) is -23.8. The second-order valence-corrected chi connectivity index (χ2v) is 16.0. The first kappa shape index (κ1) is 38.5. The number of aliphatic hydroxyl groups is 3. The lowest BCUT2D eigenvalue weighted by Crippen LogP contribution is -2.37. The number of ether oxygens (including phenoxy) is 2. The minimum atomic E-state index is -6.19. The van der Waals surface area contributed by atoms with Gasteiger partial charge in [0.05, 0.1) is 19.3 Å². The largest absolute Gasteiger partial charge is 0.490 e. The number of nitrogens with zero attached hydrogens (tertiary/aromatic N) is 3. The summed E-state index contributed by atoms with van der Waals surface area (Å²) in [5.41, 5.74) is 2.68. The number of H-pyrrole nitrogens is 1. The van der Waals surface area contributed by atoms with Crippen LogP contribution in [0.2, 0.25) is 0 Å². The smallest absolute Gasteiger partial charge is 0.390 e. The summed E-state index contributed by atoms with van der Waals surface area (Å²) >= 11 is 0. The van der Waals surface area contributed by atoms with Gasteiger partial charge in [0.2, 0.25) is 0 Å². The molecule has 2 aromatic rings. The third-order valence-electron chi connectivity index (χ3n) is 6.25. The SMILES string of the molecule is Nc1ccn(C2CC(O)C(COP(=O)(O)OP(=O)(O)OP(=O)(O)OP(=O)(O)OCC3OC(n4ccc(=O)[nH]c4=O)C(O)C3O)O2)c(=O)n1. The number of hydrogen-bond acceptors (Lipinski definition) is 19. The van der Waals surface area contributed by atoms with Crippen molar-refractivity contribution in [2.24, 2.45) is 0 Å². The Hall–Kier alpha value is -2.28. The number of rotatable bonds is 14. The van der Waals surface area contributed by atoms with Crippen LogP contribution < -0.4 is 22.7 Å². The molecule has 0 radical (unpaired) electrons. The Morgan fingerprint density at radius 1 is 0.812 bits per heavy atom. The molecule has 30 heteroatoms. The Labute approximate surface area is 265 Å². The number of hydrogen-bond donors (Lipinski definition) is 9. The minimum absolute atomic E-state index is 0.103. The van der Waals surface area contributed by atoms with Gasteiger partial charge in [-0.25, -0.2) is 27.8 Å². The Morgan fingerprint density at radius 2 is 1.35 bits per heavy atom. The maximum Gasteiger partial charge on any atom is 0.490 e. The van der Waals surface area contributed by atoms with Crippen molar-refractivity contribution in [3.05, 3.63) is 55.8 Å². The zero-order valence-corrected chi connectivity index (χ0v) is 27.1. The molecule has 48 heavy (non-hydrogen) atoms. The highest BCUT2D eigenvalue weighted by molar-refractivity contribution is 7.69. The predicted octanol–water partition coefficient (Wildman–Crippen LogP) is -2.87. The van der Waals surface area contributed by atoms with Gasteiger partial charge >= 0.3 is 42.7 Å². The molecule has 11 unspecified atom stereocenters. The van der Waals surface area contributed by atoms with Crippen LogP contribution >= 0.6 is 31.3 Å². The predicted molar refractivity (Wildman–Crippen MR) is 149 cm³/mol. The average molecular weight is 773 g/mol. The lowest BCUT2D eigenvalue weighted by atomic mass is 10.1. The average Bonchev–Trinajstić information content (AvgIpc) is 3.42. The number of nitrogens with two attached hydrogens (primary N) is 1. The summed E-state index contributed by atoms with van der Waals surface area (Å²) in [5, 5.41) is 30.5. The molecule has 26 nitrogen and oxygen atoms in total. The summed E-state index contributed by atoms with van der Waals surface area (Å²) in [6.07, 6.45) is -9.25. The Morgan fingerprint density at radius 3 is 1.92 bits per heavy atom. The molecule has 0 aromatic carbocycles. The van der Waals surface area contributed by atoms with Gasteiger partial charge in [-0.1, -0.05) is 0 Å². The van der Waals surface area contributed by atoms with Gasteiger partial charge in [0.25, 0.3) is 5.56 Å². The first-order valence-corrected chi connectivity index (χ1v) is 18.8. The number of aromatic nitrogens is 4. The number of phosphoric ester groups is 2. The van der Waals surface area contributed by atoms with E-state index >= 15 is 0 Å². The van der Waals surface area contributed by atoms with E-state index in [9.17, 15) is 67.5 Å². The van der Waals surface area contributed by atoms with Crippen LogP contribution in [0.5, 0.6) is 0 Å². The van der Waals surface area contributed by atoms with Crippen molar-refractivity contribution in [2.45, 2.75) is 49.4 Å². The van der Waals surface area contributed by atoms with Crippen molar-refractivity contribution >= 4 is 37.1 Å². The van der Waals surface area contributed by atoms with Crippen LogP contribution in [0.4, 0.5) is 5.82 Å². The number of aliphatic hydroxyl groups excluding tert-OH is 3. The molecular formula is C18H27N5O21P4. The molecule has 10 N–H and O–H groups in total. The van der Waals surface area contributed by atoms with E-state index in [0.717, 1.165) is 16.8 Å². The van der Waals surface area contributed by atoms with E-state index < -0.39 is 104 Å². The normalized spacial score (nSPS) is 31.0. The highest BCUT2D eigenvalue weighted by Crippen LogP contribution is 2.71. The van der Waals surface area contributed by atoms with Crippen LogP contribution in [0.3, 0.4) is 0 Å². The summed E-state index contributed by atoms with van der Waals surface area (Å²) in [4.78, 5) is 79.6. The van der Waals surface area contributed by atoms with Gasteiger partial charge in [0, 0.05) is 24.9 Å². The lowest BCUT2D eigenvalue weighted by molar-refractivity contribution is -0.0542. The standard InChI is InChI=1S/C18H27N5O21P4/c19-11-1-3-22(17(28)20-11)13-5-8(24)9(40-13)6-38-45(30,31)42-47(34,35)44-48(36,37)43-46(32,33)39-7-10-14(26)15(27)16(41-10)23-4-2-12(25)21-18(23)29/h1-4,8-10,13-16,24,26-27H,5-7H2,(H,30,31)(H,32,33)(H,34,35)(H,36,37)(H2,19,20,28)(H,21,25,29). The fourth-order valence-corrected chi connectivity index (χ4v) is 9.16. The molecule has 270 valence electrons. The zero-order valence-electron chi connectivity index (χ0n) is 23.5. The number of aromatic amines is 1. The van der Waals surface area contributed by atoms with Gasteiger partial charge in [0.15, 0.2) is 6.23 Å². The van der Waals surface area contributed by atoms with Crippen LogP contribution in [-0.4, -0.2) is 97.7 Å². The number of anilines is 1. The second-order valence-electron chi connectivity index (χ2n) is 9.75. The number of nitrogen functional groups attached to an aromatic ring is 1. The van der Waals surface area contributed by atoms with E-state index in [-0.39, 0.29) is 12.2 Å². The first-order valence-electron chi connectivity index (χ1n) is 12.8. The molecule has 0 bridgehead atoms. The Kier molecular flexibility index (Phi) is 11.7. The van der Waals surface area contributed by atoms with Gasteiger partial charge in [-0.05, 0) is 6.07 Å². The molecule has 0 spiro atoms. The highest BCUT2D eigenvalue weighted by Gasteiger charge is 2.49. The highest BCUT2D eigenvalue weighted by atomic mass is 31.3. The third kappa shape index (κ3) is 9.91. The minimum Gasteiger partial charge on any atom is -0.390 e. The molecule has 4 rings (SSSR count). The fourth-order valence-electron chi connectivity index (χ4n) is 4.21. The molecule has 2 fully saturated rings. The zero-order chi connectivity index (χ0) is 35.8. The molecule has 11 atom stereocenters. The Bertz CT molecular complexity index is 1870. The van der Waals surface area contributed by atoms with Crippen molar-refractivity contribution in [3.63, 3.8) is 0 Å². The lowest BCUT2D eigenvalue weighted by Gasteiger charge is -2.21. The van der Waals surface area contributed by atoms with Crippen LogP contribution in [0.25, 0.3) is 0 Å². The van der Waals surface area contributed by atoms with Crippen molar-refractivity contribution in [1.82, 2.24) is 19.1 Å². The fraction of sp³-hybridized carbons (Fsp3) is 0.556. The number of nitrogens with one attached hydrogen (secondary N) is 1. The summed E-state index contributed by atoms with van der Waals surface area (Å²) < 4.78 is 81.2. The topological polar surface area (TPSA) is 390 Å². The molecule has 0 saturated carbocycles. The van der Waals surface area contributed by atoms with Crippen LogP contribution in [0.15, 0.2) is 38.9 Å². The molecule has 2 aliphatic rings. The van der Waals surface area contributed by atoms with E-state index in [1.54, 1.807) is 0 Å². The second kappa shape index (κ2) is 14.5. The molecule has 4 heterocycles. The summed E-state index contributed by atoms with van der Waals surface area (Å²) in [6.45, 7) is -2.20. The molecule has 0 aliphatic carbocycles. The van der Waals surface area contributed by atoms with Gasteiger partial charge in [-0.2, -0.15) is 17.9 Å². The molecular weight excluding hydrogens is 746 g/mol. The quantitative estimate of drug-likeness (QED) is 0.0871. The van der Waals surface area contributed by atoms with E-state index in [0.29, 0.717) is 4.57 Å². The van der Waals surface area contributed by atoms with Gasteiger partial charge in [0.1, 0.15) is 36.5 Å².